The van der Waals surface area contributed by atoms with Crippen LogP contribution in [0.4, 0.5) is 0 Å². The molecule has 0 radical (unpaired) electrons. The molecule has 2 aromatic carbocycles. The molecule has 0 aromatic heterocycles. The van der Waals surface area contributed by atoms with Gasteiger partial charge in [0.15, 0.2) is 11.5 Å². The SMILES string of the molecule is COc1cc(C=NNC(=O)c2ccc(C)c(C)c2)cc(OC)c1OC. The Bertz CT molecular complexity index is 775. The molecule has 25 heavy (non-hydrogen) atoms. The number of hydrogen-bond acceptors (Lipinski definition) is 5. The minimum absolute atomic E-state index is 0.271. The topological polar surface area (TPSA) is 69.2 Å². The van der Waals surface area contributed by atoms with Crippen LogP contribution in [0, 0.1) is 13.8 Å². The number of hydrogen-bond donors (Lipinski definition) is 1. The molecule has 0 aliphatic carbocycles. The van der Waals surface area contributed by atoms with Crippen molar-refractivity contribution in [3.63, 3.8) is 0 Å². The molecule has 0 spiro atoms. The van der Waals surface area contributed by atoms with Gasteiger partial charge in [0.1, 0.15) is 0 Å². The van der Waals surface area contributed by atoms with Crippen molar-refractivity contribution in [2.45, 2.75) is 13.8 Å². The highest BCUT2D eigenvalue weighted by atomic mass is 16.5. The predicted octanol–water partition coefficient (Wildman–Crippen LogP) is 3.09. The van der Waals surface area contributed by atoms with Gasteiger partial charge in [0.25, 0.3) is 5.91 Å². The molecule has 0 saturated heterocycles. The summed E-state index contributed by atoms with van der Waals surface area (Å²) in [6.07, 6.45) is 1.52. The van der Waals surface area contributed by atoms with Gasteiger partial charge in [-0.3, -0.25) is 4.79 Å². The molecule has 2 aromatic rings. The predicted molar refractivity (Wildman–Crippen MR) is 97.1 cm³/mol. The summed E-state index contributed by atoms with van der Waals surface area (Å²) in [7, 11) is 4.62. The van der Waals surface area contributed by atoms with Gasteiger partial charge in [-0.15, -0.1) is 0 Å². The summed E-state index contributed by atoms with van der Waals surface area (Å²) in [6, 6.07) is 9.00. The summed E-state index contributed by atoms with van der Waals surface area (Å²) in [5, 5.41) is 4.00. The molecule has 0 atom stereocenters. The number of benzene rings is 2. The van der Waals surface area contributed by atoms with Crippen LogP contribution in [0.25, 0.3) is 0 Å². The fourth-order valence-corrected chi connectivity index (χ4v) is 2.29. The zero-order valence-electron chi connectivity index (χ0n) is 15.0. The lowest BCUT2D eigenvalue weighted by atomic mass is 10.1. The fraction of sp³-hybridized carbons (Fsp3) is 0.263. The van der Waals surface area contributed by atoms with Crippen LogP contribution in [-0.4, -0.2) is 33.5 Å². The van der Waals surface area contributed by atoms with Crippen molar-refractivity contribution >= 4 is 12.1 Å². The third kappa shape index (κ3) is 4.29. The highest BCUT2D eigenvalue weighted by Gasteiger charge is 2.12. The van der Waals surface area contributed by atoms with Crippen molar-refractivity contribution in [2.24, 2.45) is 5.10 Å². The average Bonchev–Trinajstić information content (AvgIpc) is 2.62. The van der Waals surface area contributed by atoms with Gasteiger partial charge in [-0.2, -0.15) is 5.10 Å². The Morgan fingerprint density at radius 3 is 2.12 bits per heavy atom. The highest BCUT2D eigenvalue weighted by molar-refractivity contribution is 5.95. The van der Waals surface area contributed by atoms with E-state index in [1.807, 2.05) is 26.0 Å². The van der Waals surface area contributed by atoms with E-state index in [0.717, 1.165) is 11.1 Å². The molecule has 0 aliphatic rings. The van der Waals surface area contributed by atoms with Crippen LogP contribution >= 0.6 is 0 Å². The van der Waals surface area contributed by atoms with Crippen molar-refractivity contribution in [1.82, 2.24) is 5.43 Å². The molecular formula is C19H22N2O4. The van der Waals surface area contributed by atoms with Crippen molar-refractivity contribution in [3.05, 3.63) is 52.6 Å². The van der Waals surface area contributed by atoms with Crippen molar-refractivity contribution in [2.75, 3.05) is 21.3 Å². The molecule has 2 rings (SSSR count). The average molecular weight is 342 g/mol. The van der Waals surface area contributed by atoms with Gasteiger partial charge < -0.3 is 14.2 Å². The molecule has 1 amide bonds. The minimum atomic E-state index is -0.271. The lowest BCUT2D eigenvalue weighted by Crippen LogP contribution is -2.17. The van der Waals surface area contributed by atoms with E-state index in [1.54, 1.807) is 32.4 Å². The van der Waals surface area contributed by atoms with Gasteiger partial charge in [-0.25, -0.2) is 5.43 Å². The minimum Gasteiger partial charge on any atom is -0.493 e. The lowest BCUT2D eigenvalue weighted by Gasteiger charge is -2.12. The Labute approximate surface area is 147 Å². The first-order valence-electron chi connectivity index (χ1n) is 7.70. The number of rotatable bonds is 6. The Morgan fingerprint density at radius 2 is 1.60 bits per heavy atom. The van der Waals surface area contributed by atoms with Crippen LogP contribution in [0.3, 0.4) is 0 Å². The molecule has 1 N–H and O–H groups in total. The van der Waals surface area contributed by atoms with E-state index in [1.165, 1.54) is 13.3 Å². The van der Waals surface area contributed by atoms with E-state index < -0.39 is 0 Å². The van der Waals surface area contributed by atoms with Crippen LogP contribution in [0.1, 0.15) is 27.0 Å². The van der Waals surface area contributed by atoms with Crippen LogP contribution in [0.15, 0.2) is 35.4 Å². The summed E-state index contributed by atoms with van der Waals surface area (Å²) >= 11 is 0. The number of nitrogens with zero attached hydrogens (tertiary/aromatic N) is 1. The maximum Gasteiger partial charge on any atom is 0.271 e. The van der Waals surface area contributed by atoms with Crippen molar-refractivity contribution < 1.29 is 19.0 Å². The van der Waals surface area contributed by atoms with Crippen molar-refractivity contribution in [3.8, 4) is 17.2 Å². The molecule has 6 nitrogen and oxygen atoms in total. The summed E-state index contributed by atoms with van der Waals surface area (Å²) in [4.78, 5) is 12.2. The number of hydrazone groups is 1. The number of amides is 1. The summed E-state index contributed by atoms with van der Waals surface area (Å²) < 4.78 is 15.8. The van der Waals surface area contributed by atoms with Gasteiger partial charge in [-0.05, 0) is 49.2 Å². The summed E-state index contributed by atoms with van der Waals surface area (Å²) in [5.74, 6) is 1.26. The number of carbonyl (C=O) groups is 1. The second-order valence-electron chi connectivity index (χ2n) is 5.46. The molecule has 0 saturated carbocycles. The first-order chi connectivity index (χ1) is 12.0. The summed E-state index contributed by atoms with van der Waals surface area (Å²) in [6.45, 7) is 3.96. The maximum atomic E-state index is 12.2. The Kier molecular flexibility index (Phi) is 6.00. The van der Waals surface area contributed by atoms with Gasteiger partial charge in [-0.1, -0.05) is 6.07 Å². The summed E-state index contributed by atoms with van der Waals surface area (Å²) in [5.41, 5.74) is 5.97. The molecular weight excluding hydrogens is 320 g/mol. The normalized spacial score (nSPS) is 10.6. The molecule has 6 heteroatoms. The van der Waals surface area contributed by atoms with E-state index in [0.29, 0.717) is 28.4 Å². The van der Waals surface area contributed by atoms with Gasteiger partial charge >= 0.3 is 0 Å². The molecule has 0 fully saturated rings. The second kappa shape index (κ2) is 8.19. The van der Waals surface area contributed by atoms with Crippen LogP contribution < -0.4 is 19.6 Å². The largest absolute Gasteiger partial charge is 0.493 e. The Balaban J connectivity index is 2.16. The van der Waals surface area contributed by atoms with Crippen LogP contribution in [0.2, 0.25) is 0 Å². The number of methoxy groups -OCH3 is 3. The Morgan fingerprint density at radius 1 is 0.960 bits per heavy atom. The second-order valence-corrected chi connectivity index (χ2v) is 5.46. The van der Waals surface area contributed by atoms with Gasteiger partial charge in [0.05, 0.1) is 27.5 Å². The maximum absolute atomic E-state index is 12.2. The van der Waals surface area contributed by atoms with E-state index in [-0.39, 0.29) is 5.91 Å². The van der Waals surface area contributed by atoms with Gasteiger partial charge in [0, 0.05) is 11.1 Å². The first-order valence-corrected chi connectivity index (χ1v) is 7.70. The van der Waals surface area contributed by atoms with E-state index in [9.17, 15) is 4.79 Å². The lowest BCUT2D eigenvalue weighted by molar-refractivity contribution is 0.0955. The number of carbonyl (C=O) groups excluding carboxylic acids is 1. The fourth-order valence-electron chi connectivity index (χ4n) is 2.29. The zero-order valence-corrected chi connectivity index (χ0v) is 15.0. The van der Waals surface area contributed by atoms with Crippen LogP contribution in [-0.2, 0) is 0 Å². The number of aryl methyl sites for hydroxylation is 2. The third-order valence-electron chi connectivity index (χ3n) is 3.84. The zero-order chi connectivity index (χ0) is 18.4. The van der Waals surface area contributed by atoms with E-state index >= 15 is 0 Å². The number of nitrogens with one attached hydrogen (secondary N) is 1. The smallest absolute Gasteiger partial charge is 0.271 e. The standard InChI is InChI=1S/C19H22N2O4/c1-12-6-7-15(8-13(12)2)19(22)21-20-11-14-9-16(23-3)18(25-5)17(10-14)24-4/h6-11H,1-5H3,(H,21,22). The quantitative estimate of drug-likeness (QED) is 0.647. The third-order valence-corrected chi connectivity index (χ3v) is 3.84. The van der Waals surface area contributed by atoms with Crippen LogP contribution in [0.5, 0.6) is 17.2 Å². The monoisotopic (exact) mass is 342 g/mol. The van der Waals surface area contributed by atoms with E-state index in [4.69, 9.17) is 14.2 Å². The Hall–Kier alpha value is -3.02. The molecule has 0 unspecified atom stereocenters. The number of ether oxygens (including phenoxy) is 3. The molecule has 0 aliphatic heterocycles. The van der Waals surface area contributed by atoms with Gasteiger partial charge in [0.2, 0.25) is 5.75 Å². The molecule has 0 heterocycles. The molecule has 0 bridgehead atoms. The molecule has 132 valence electrons. The highest BCUT2D eigenvalue weighted by Crippen LogP contribution is 2.37. The first kappa shape index (κ1) is 18.3. The van der Waals surface area contributed by atoms with Crippen molar-refractivity contribution in [1.29, 1.82) is 0 Å². The van der Waals surface area contributed by atoms with E-state index in [2.05, 4.69) is 10.5 Å².